The van der Waals surface area contributed by atoms with E-state index in [1.165, 1.54) is 6.92 Å². The molecule has 1 atom stereocenters. The number of carbonyl (C=O) groups excluding carboxylic acids is 2. The number of nitrogens with one attached hydrogen (secondary N) is 1. The molecule has 5 nitrogen and oxygen atoms in total. The van der Waals surface area contributed by atoms with E-state index in [0.29, 0.717) is 24.2 Å². The number of carbonyl (C=O) groups is 2. The van der Waals surface area contributed by atoms with Gasteiger partial charge >= 0.3 is 0 Å². The van der Waals surface area contributed by atoms with E-state index in [0.717, 1.165) is 13.0 Å². The lowest BCUT2D eigenvalue weighted by Gasteiger charge is -2.15. The Morgan fingerprint density at radius 2 is 2.10 bits per heavy atom. The summed E-state index contributed by atoms with van der Waals surface area (Å²) in [4.78, 5) is 25.1. The van der Waals surface area contributed by atoms with Crippen LogP contribution in [0.3, 0.4) is 0 Å². The van der Waals surface area contributed by atoms with Gasteiger partial charge in [0.05, 0.1) is 18.2 Å². The average Bonchev–Trinajstić information content (AvgIpc) is 2.85. The molecule has 1 aliphatic heterocycles. The van der Waals surface area contributed by atoms with Crippen LogP contribution in [0, 0.1) is 11.3 Å². The SMILES string of the molecule is CC(=O)NC1CCN(CC(=O)c2ccc(C#N)cc2)C1. The van der Waals surface area contributed by atoms with E-state index in [-0.39, 0.29) is 17.7 Å². The van der Waals surface area contributed by atoms with Crippen LogP contribution in [0.1, 0.15) is 29.3 Å². The van der Waals surface area contributed by atoms with Crippen molar-refractivity contribution in [3.05, 3.63) is 35.4 Å². The molecule has 1 unspecified atom stereocenters. The van der Waals surface area contributed by atoms with E-state index in [4.69, 9.17) is 5.26 Å². The summed E-state index contributed by atoms with van der Waals surface area (Å²) < 4.78 is 0. The second-order valence-electron chi connectivity index (χ2n) is 5.03. The number of Topliss-reactive ketones (excluding diaryl/α,β-unsaturated/α-hetero) is 1. The number of amides is 1. The van der Waals surface area contributed by atoms with Crippen molar-refractivity contribution in [2.75, 3.05) is 19.6 Å². The van der Waals surface area contributed by atoms with E-state index in [1.54, 1.807) is 24.3 Å². The molecule has 0 aromatic heterocycles. The fourth-order valence-corrected chi connectivity index (χ4v) is 2.41. The van der Waals surface area contributed by atoms with Crippen molar-refractivity contribution in [2.24, 2.45) is 0 Å². The van der Waals surface area contributed by atoms with Crippen LogP contribution in [0.15, 0.2) is 24.3 Å². The van der Waals surface area contributed by atoms with Gasteiger partial charge in [0, 0.05) is 31.6 Å². The van der Waals surface area contributed by atoms with Crippen molar-refractivity contribution in [1.82, 2.24) is 10.2 Å². The molecular formula is C15H17N3O2. The summed E-state index contributed by atoms with van der Waals surface area (Å²) in [7, 11) is 0. The number of ketones is 1. The van der Waals surface area contributed by atoms with Crippen LogP contribution in [0.2, 0.25) is 0 Å². The van der Waals surface area contributed by atoms with E-state index in [2.05, 4.69) is 5.32 Å². The first kappa shape index (κ1) is 14.2. The fraction of sp³-hybridized carbons (Fsp3) is 0.400. The number of likely N-dealkylation sites (tertiary alicyclic amines) is 1. The molecule has 5 heteroatoms. The predicted octanol–water partition coefficient (Wildman–Crippen LogP) is 0.951. The van der Waals surface area contributed by atoms with Crippen molar-refractivity contribution in [3.63, 3.8) is 0 Å². The Bertz CT molecular complexity index is 545. The van der Waals surface area contributed by atoms with Gasteiger partial charge < -0.3 is 5.32 Å². The van der Waals surface area contributed by atoms with Crippen molar-refractivity contribution >= 4 is 11.7 Å². The number of hydrogen-bond acceptors (Lipinski definition) is 4. The topological polar surface area (TPSA) is 73.2 Å². The number of hydrogen-bond donors (Lipinski definition) is 1. The van der Waals surface area contributed by atoms with E-state index in [1.807, 2.05) is 11.0 Å². The summed E-state index contributed by atoms with van der Waals surface area (Å²) in [5, 5.41) is 11.6. The van der Waals surface area contributed by atoms with Crippen LogP contribution >= 0.6 is 0 Å². The number of benzene rings is 1. The monoisotopic (exact) mass is 271 g/mol. The molecule has 1 fully saturated rings. The maximum atomic E-state index is 12.1. The van der Waals surface area contributed by atoms with Gasteiger partial charge in [-0.3, -0.25) is 14.5 Å². The lowest BCUT2D eigenvalue weighted by molar-refractivity contribution is -0.119. The Hall–Kier alpha value is -2.19. The number of nitrogens with zero attached hydrogens (tertiary/aromatic N) is 2. The largest absolute Gasteiger partial charge is 0.352 e. The van der Waals surface area contributed by atoms with Gasteiger partial charge in [0.1, 0.15) is 0 Å². The second-order valence-corrected chi connectivity index (χ2v) is 5.03. The molecule has 1 N–H and O–H groups in total. The third kappa shape index (κ3) is 3.65. The molecule has 104 valence electrons. The van der Waals surface area contributed by atoms with Crippen molar-refractivity contribution < 1.29 is 9.59 Å². The molecule has 20 heavy (non-hydrogen) atoms. The standard InChI is InChI=1S/C15H17N3O2/c1-11(19)17-14-6-7-18(9-14)10-15(20)13-4-2-12(8-16)3-5-13/h2-5,14H,6-7,9-10H2,1H3,(H,17,19). The second kappa shape index (κ2) is 6.31. The van der Waals surface area contributed by atoms with Crippen molar-refractivity contribution in [1.29, 1.82) is 5.26 Å². The summed E-state index contributed by atoms with van der Waals surface area (Å²) in [5.41, 5.74) is 1.17. The summed E-state index contributed by atoms with van der Waals surface area (Å²) in [6, 6.07) is 8.83. The van der Waals surface area contributed by atoms with Gasteiger partial charge in [-0.15, -0.1) is 0 Å². The highest BCUT2D eigenvalue weighted by molar-refractivity contribution is 5.97. The molecular weight excluding hydrogens is 254 g/mol. The van der Waals surface area contributed by atoms with Crippen LogP contribution in [0.25, 0.3) is 0 Å². The Balaban J connectivity index is 1.89. The maximum absolute atomic E-state index is 12.1. The Morgan fingerprint density at radius 3 is 2.70 bits per heavy atom. The van der Waals surface area contributed by atoms with E-state index in [9.17, 15) is 9.59 Å². The number of rotatable bonds is 4. The van der Waals surface area contributed by atoms with Crippen LogP contribution in [0.5, 0.6) is 0 Å². The lowest BCUT2D eigenvalue weighted by Crippen LogP contribution is -2.36. The molecule has 2 rings (SSSR count). The van der Waals surface area contributed by atoms with Gasteiger partial charge in [0.25, 0.3) is 0 Å². The lowest BCUT2D eigenvalue weighted by atomic mass is 10.1. The zero-order valence-corrected chi connectivity index (χ0v) is 11.4. The highest BCUT2D eigenvalue weighted by atomic mass is 16.1. The molecule has 1 amide bonds. The minimum atomic E-state index is -0.0322. The summed E-state index contributed by atoms with van der Waals surface area (Å²) in [5.74, 6) is 0.00762. The minimum absolute atomic E-state index is 0.0322. The Labute approximate surface area is 118 Å². The van der Waals surface area contributed by atoms with Crippen LogP contribution in [-0.4, -0.2) is 42.3 Å². The highest BCUT2D eigenvalue weighted by Gasteiger charge is 2.24. The zero-order valence-electron chi connectivity index (χ0n) is 11.4. The summed E-state index contributed by atoms with van der Waals surface area (Å²) in [6.07, 6.45) is 0.875. The quantitative estimate of drug-likeness (QED) is 0.828. The summed E-state index contributed by atoms with van der Waals surface area (Å²) >= 11 is 0. The molecule has 0 aliphatic carbocycles. The molecule has 1 heterocycles. The summed E-state index contributed by atoms with van der Waals surface area (Å²) in [6.45, 7) is 3.38. The van der Waals surface area contributed by atoms with Crippen molar-refractivity contribution in [2.45, 2.75) is 19.4 Å². The minimum Gasteiger partial charge on any atom is -0.352 e. The molecule has 1 aromatic rings. The average molecular weight is 271 g/mol. The fourth-order valence-electron chi connectivity index (χ4n) is 2.41. The first-order chi connectivity index (χ1) is 9.58. The molecule has 0 bridgehead atoms. The molecule has 0 saturated carbocycles. The van der Waals surface area contributed by atoms with Crippen LogP contribution in [-0.2, 0) is 4.79 Å². The van der Waals surface area contributed by atoms with E-state index < -0.39 is 0 Å². The smallest absolute Gasteiger partial charge is 0.217 e. The molecule has 1 aromatic carbocycles. The molecule has 0 spiro atoms. The predicted molar refractivity (Wildman–Crippen MR) is 74.1 cm³/mol. The van der Waals surface area contributed by atoms with E-state index >= 15 is 0 Å². The van der Waals surface area contributed by atoms with Gasteiger partial charge in [0.15, 0.2) is 5.78 Å². The third-order valence-electron chi connectivity index (χ3n) is 3.38. The van der Waals surface area contributed by atoms with Gasteiger partial charge in [-0.05, 0) is 18.6 Å². The van der Waals surface area contributed by atoms with Crippen molar-refractivity contribution in [3.8, 4) is 6.07 Å². The van der Waals surface area contributed by atoms with Gasteiger partial charge in [-0.25, -0.2) is 0 Å². The first-order valence-electron chi connectivity index (χ1n) is 6.61. The Kier molecular flexibility index (Phi) is 4.49. The van der Waals surface area contributed by atoms with Gasteiger partial charge in [0.2, 0.25) is 5.91 Å². The zero-order chi connectivity index (χ0) is 14.5. The van der Waals surface area contributed by atoms with Gasteiger partial charge in [-0.1, -0.05) is 12.1 Å². The van der Waals surface area contributed by atoms with Gasteiger partial charge in [-0.2, -0.15) is 5.26 Å². The Morgan fingerprint density at radius 1 is 1.40 bits per heavy atom. The highest BCUT2D eigenvalue weighted by Crippen LogP contribution is 2.11. The number of nitriles is 1. The van der Waals surface area contributed by atoms with Crippen LogP contribution < -0.4 is 5.32 Å². The normalized spacial score (nSPS) is 18.5. The third-order valence-corrected chi connectivity index (χ3v) is 3.38. The molecule has 0 radical (unpaired) electrons. The maximum Gasteiger partial charge on any atom is 0.217 e. The first-order valence-corrected chi connectivity index (χ1v) is 6.61. The molecule has 1 aliphatic rings. The van der Waals surface area contributed by atoms with Crippen LogP contribution in [0.4, 0.5) is 0 Å². The molecule has 1 saturated heterocycles.